The summed E-state index contributed by atoms with van der Waals surface area (Å²) in [6, 6.07) is 0. The van der Waals surface area contributed by atoms with E-state index >= 15 is 0 Å². The molecule has 0 spiro atoms. The van der Waals surface area contributed by atoms with E-state index < -0.39 is 0 Å². The van der Waals surface area contributed by atoms with Gasteiger partial charge in [-0.1, -0.05) is 97.2 Å². The molecule has 0 aliphatic heterocycles. The van der Waals surface area contributed by atoms with Crippen LogP contribution in [0.15, 0.2) is 97.2 Å². The van der Waals surface area contributed by atoms with Gasteiger partial charge in [0.25, 0.3) is 0 Å². The molecule has 0 aromatic rings. The normalized spacial score (nSPS) is 32.7. The van der Waals surface area contributed by atoms with Gasteiger partial charge in [-0.25, -0.2) is 0 Å². The molecule has 0 nitrogen and oxygen atoms in total. The molecule has 6 aliphatic rings. The lowest BCUT2D eigenvalue weighted by Crippen LogP contribution is -1.79. The summed E-state index contributed by atoms with van der Waals surface area (Å²) in [6.07, 6.45) is 40.1. The number of fused-ring (bicyclic) bond motifs is 4. The molecule has 0 saturated heterocycles. The molecular weight excluding hydrogens is 288 g/mol. The van der Waals surface area contributed by atoms with Gasteiger partial charge < -0.3 is 0 Å². The Morgan fingerprint density at radius 3 is 0.708 bits per heavy atom. The van der Waals surface area contributed by atoms with Crippen LogP contribution < -0.4 is 0 Å². The lowest BCUT2D eigenvalue weighted by Gasteiger charge is -1.88. The predicted molar refractivity (Wildman–Crippen MR) is 106 cm³/mol. The van der Waals surface area contributed by atoms with E-state index in [1.165, 1.54) is 12.8 Å². The Hall–Kier alpha value is -2.08. The maximum Gasteiger partial charge on any atom is -0.00445 e. The predicted octanol–water partition coefficient (Wildman–Crippen LogP) is 6.50. The molecule has 0 saturated carbocycles. The van der Waals surface area contributed by atoms with E-state index in [9.17, 15) is 0 Å². The van der Waals surface area contributed by atoms with Crippen LogP contribution in [0, 0.1) is 23.7 Å². The molecular formula is C24H28. The van der Waals surface area contributed by atoms with Crippen LogP contribution in [0.3, 0.4) is 0 Å². The molecule has 0 aromatic carbocycles. The molecule has 0 radical (unpaired) electrons. The summed E-state index contributed by atoms with van der Waals surface area (Å²) in [5, 5.41) is 0. The van der Waals surface area contributed by atoms with E-state index in [0.717, 1.165) is 36.5 Å². The van der Waals surface area contributed by atoms with E-state index in [2.05, 4.69) is 97.2 Å². The second-order valence-corrected chi connectivity index (χ2v) is 6.85. The zero-order valence-electron chi connectivity index (χ0n) is 14.4. The molecule has 0 unspecified atom stereocenters. The summed E-state index contributed by atoms with van der Waals surface area (Å²) in [4.78, 5) is 0. The van der Waals surface area contributed by atoms with Crippen molar-refractivity contribution in [2.75, 3.05) is 0 Å². The van der Waals surface area contributed by atoms with Crippen LogP contribution in [-0.2, 0) is 0 Å². The maximum absolute atomic E-state index is 2.30. The highest BCUT2D eigenvalue weighted by atomic mass is 14.2. The monoisotopic (exact) mass is 316 g/mol. The van der Waals surface area contributed by atoms with Crippen LogP contribution in [0.1, 0.15) is 25.7 Å². The van der Waals surface area contributed by atoms with Crippen molar-refractivity contribution in [3.8, 4) is 0 Å². The first kappa shape index (κ1) is 16.8. The molecule has 0 aromatic heterocycles. The molecule has 0 atom stereocenters. The van der Waals surface area contributed by atoms with Crippen molar-refractivity contribution in [1.82, 2.24) is 0 Å². The maximum atomic E-state index is 2.30. The molecule has 124 valence electrons. The largest absolute Gasteiger partial charge is 0.0810 e. The minimum Gasteiger partial charge on any atom is -0.0810 e. The summed E-state index contributed by atoms with van der Waals surface area (Å²) < 4.78 is 0. The first-order chi connectivity index (χ1) is 11.9. The van der Waals surface area contributed by atoms with Crippen molar-refractivity contribution >= 4 is 0 Å². The number of hydrogen-bond acceptors (Lipinski definition) is 0. The standard InChI is InChI=1S/2C7H8.2C5H6/c2*1-2-7-4-3-6(1)5-7;2*1-2-4-5-3-1/h2*1-4,6-7H,5H2;2*1-4H,5H2. The quantitative estimate of drug-likeness (QED) is 0.447. The summed E-state index contributed by atoms with van der Waals surface area (Å²) in [7, 11) is 0. The molecule has 4 bridgehead atoms. The Balaban J connectivity index is 0.0000000954. The van der Waals surface area contributed by atoms with Gasteiger partial charge in [0.2, 0.25) is 0 Å². The van der Waals surface area contributed by atoms with Gasteiger partial charge in [-0.15, -0.1) is 0 Å². The smallest absolute Gasteiger partial charge is 0.00445 e. The molecule has 0 fully saturated rings. The van der Waals surface area contributed by atoms with Crippen molar-refractivity contribution in [1.29, 1.82) is 0 Å². The third-order valence-electron chi connectivity index (χ3n) is 4.82. The van der Waals surface area contributed by atoms with Gasteiger partial charge in [-0.2, -0.15) is 0 Å². The van der Waals surface area contributed by atoms with E-state index in [1.807, 2.05) is 0 Å². The average molecular weight is 316 g/mol. The Bertz CT molecular complexity index is 486. The van der Waals surface area contributed by atoms with Crippen molar-refractivity contribution in [2.45, 2.75) is 25.7 Å². The van der Waals surface area contributed by atoms with E-state index in [-0.39, 0.29) is 0 Å². The lowest BCUT2D eigenvalue weighted by atomic mass is 10.2. The first-order valence-electron chi connectivity index (χ1n) is 9.27. The van der Waals surface area contributed by atoms with E-state index in [1.54, 1.807) is 0 Å². The summed E-state index contributed by atoms with van der Waals surface area (Å²) in [5.41, 5.74) is 0. The van der Waals surface area contributed by atoms with Gasteiger partial charge in [-0.05, 0) is 49.4 Å². The molecule has 0 N–H and O–H groups in total. The Kier molecular flexibility index (Phi) is 6.48. The van der Waals surface area contributed by atoms with Crippen LogP contribution in [0.25, 0.3) is 0 Å². The van der Waals surface area contributed by atoms with E-state index in [4.69, 9.17) is 0 Å². The fourth-order valence-electron chi connectivity index (χ4n) is 3.44. The number of hydrogen-bond donors (Lipinski definition) is 0. The van der Waals surface area contributed by atoms with Gasteiger partial charge in [0.05, 0.1) is 0 Å². The highest BCUT2D eigenvalue weighted by molar-refractivity contribution is 5.22. The van der Waals surface area contributed by atoms with Gasteiger partial charge >= 0.3 is 0 Å². The van der Waals surface area contributed by atoms with Crippen LogP contribution >= 0.6 is 0 Å². The summed E-state index contributed by atoms with van der Waals surface area (Å²) in [5.74, 6) is 3.24. The Morgan fingerprint density at radius 1 is 0.375 bits per heavy atom. The van der Waals surface area contributed by atoms with Crippen LogP contribution in [0.2, 0.25) is 0 Å². The summed E-state index contributed by atoms with van der Waals surface area (Å²) >= 11 is 0. The van der Waals surface area contributed by atoms with E-state index in [0.29, 0.717) is 0 Å². The number of allylic oxidation sites excluding steroid dienone is 16. The molecule has 24 heavy (non-hydrogen) atoms. The third-order valence-corrected chi connectivity index (χ3v) is 4.82. The Morgan fingerprint density at radius 2 is 0.625 bits per heavy atom. The van der Waals surface area contributed by atoms with Crippen LogP contribution in [-0.4, -0.2) is 0 Å². The minimum absolute atomic E-state index is 0.810. The van der Waals surface area contributed by atoms with Crippen molar-refractivity contribution in [3.63, 3.8) is 0 Å². The summed E-state index contributed by atoms with van der Waals surface area (Å²) in [6.45, 7) is 0. The fourth-order valence-corrected chi connectivity index (χ4v) is 3.44. The average Bonchev–Trinajstić information content (AvgIpc) is 3.47. The van der Waals surface area contributed by atoms with Gasteiger partial charge in [0.1, 0.15) is 0 Å². The Labute approximate surface area is 147 Å². The number of rotatable bonds is 0. The highest BCUT2D eigenvalue weighted by Crippen LogP contribution is 2.32. The second kappa shape index (κ2) is 9.27. The lowest BCUT2D eigenvalue weighted by molar-refractivity contribution is 0.732. The molecule has 6 rings (SSSR count). The highest BCUT2D eigenvalue weighted by Gasteiger charge is 2.19. The van der Waals surface area contributed by atoms with Crippen molar-refractivity contribution in [2.24, 2.45) is 23.7 Å². The van der Waals surface area contributed by atoms with Gasteiger partial charge in [0, 0.05) is 0 Å². The topological polar surface area (TPSA) is 0 Å². The molecule has 6 aliphatic carbocycles. The van der Waals surface area contributed by atoms with Crippen molar-refractivity contribution in [3.05, 3.63) is 97.2 Å². The zero-order valence-corrected chi connectivity index (χ0v) is 14.4. The molecule has 0 amide bonds. The molecule has 0 heterocycles. The molecule has 0 heteroatoms. The van der Waals surface area contributed by atoms with Gasteiger partial charge in [-0.3, -0.25) is 0 Å². The SMILES string of the molecule is C1=CC2C=CC1C2.C1=CC2C=CC1C2.C1=CCC=C1.C1=CCC=C1. The second-order valence-electron chi connectivity index (χ2n) is 6.85. The first-order valence-corrected chi connectivity index (χ1v) is 9.27. The third kappa shape index (κ3) is 5.53. The van der Waals surface area contributed by atoms with Crippen molar-refractivity contribution < 1.29 is 0 Å². The van der Waals surface area contributed by atoms with Crippen LogP contribution in [0.4, 0.5) is 0 Å². The minimum atomic E-state index is 0.810. The zero-order chi connectivity index (χ0) is 16.5. The fraction of sp³-hybridized carbons (Fsp3) is 0.333. The van der Waals surface area contributed by atoms with Crippen LogP contribution in [0.5, 0.6) is 0 Å². The van der Waals surface area contributed by atoms with Gasteiger partial charge in [0.15, 0.2) is 0 Å².